The first kappa shape index (κ1) is 18.2. The zero-order chi connectivity index (χ0) is 18.7. The van der Waals surface area contributed by atoms with Gasteiger partial charge in [0.05, 0.1) is 18.5 Å². The lowest BCUT2D eigenvalue weighted by atomic mass is 9.92. The van der Waals surface area contributed by atoms with Gasteiger partial charge in [0.2, 0.25) is 5.88 Å². The summed E-state index contributed by atoms with van der Waals surface area (Å²) < 4.78 is 7.38. The first-order valence-corrected chi connectivity index (χ1v) is 8.91. The van der Waals surface area contributed by atoms with Gasteiger partial charge >= 0.3 is 0 Å². The Morgan fingerprint density at radius 2 is 1.88 bits per heavy atom. The highest BCUT2D eigenvalue weighted by Gasteiger charge is 2.24. The number of aromatic nitrogens is 3. The number of imidazole rings is 1. The minimum Gasteiger partial charge on any atom is -0.494 e. The molecule has 2 aromatic heterocycles. The standard InChI is InChI=1S/C20H26N4O2/c1-20(2,3)18-19(25)24-13-16(22-12-17(24)23-18)14-6-8-15(9-7-14)26-11-5-4-10-21/h6-9,12-13,25H,4-5,10-11,21H2,1-3H3. The number of aromatic hydroxyl groups is 1. The normalized spacial score (nSPS) is 11.8. The van der Waals surface area contributed by atoms with Crippen LogP contribution in [0.1, 0.15) is 39.3 Å². The monoisotopic (exact) mass is 354 g/mol. The van der Waals surface area contributed by atoms with Crippen LogP contribution in [0, 0.1) is 0 Å². The number of nitrogens with two attached hydrogens (primary N) is 1. The molecular formula is C20H26N4O2. The molecule has 0 aliphatic heterocycles. The van der Waals surface area contributed by atoms with Crippen molar-refractivity contribution in [2.24, 2.45) is 5.73 Å². The SMILES string of the molecule is CC(C)(C)c1nc2cnc(-c3ccc(OCCCCN)cc3)cn2c1O. The lowest BCUT2D eigenvalue weighted by Gasteiger charge is -2.14. The number of rotatable bonds is 6. The highest BCUT2D eigenvalue weighted by Crippen LogP contribution is 2.31. The fraction of sp³-hybridized carbons (Fsp3) is 0.400. The average molecular weight is 354 g/mol. The van der Waals surface area contributed by atoms with Crippen molar-refractivity contribution in [2.45, 2.75) is 39.0 Å². The summed E-state index contributed by atoms with van der Waals surface area (Å²) in [4.78, 5) is 8.98. The molecule has 0 fully saturated rings. The number of unbranched alkanes of at least 4 members (excludes halogenated alkanes) is 1. The van der Waals surface area contributed by atoms with E-state index in [1.165, 1.54) is 0 Å². The van der Waals surface area contributed by atoms with Gasteiger partial charge < -0.3 is 15.6 Å². The molecule has 0 aliphatic rings. The molecular weight excluding hydrogens is 328 g/mol. The zero-order valence-electron chi connectivity index (χ0n) is 15.6. The summed E-state index contributed by atoms with van der Waals surface area (Å²) in [6.45, 7) is 7.42. The van der Waals surface area contributed by atoms with E-state index in [-0.39, 0.29) is 11.3 Å². The second-order valence-corrected chi connectivity index (χ2v) is 7.40. The largest absolute Gasteiger partial charge is 0.494 e. The third-order valence-corrected chi connectivity index (χ3v) is 4.21. The Hall–Kier alpha value is -2.60. The molecule has 0 unspecified atom stereocenters. The maximum Gasteiger partial charge on any atom is 0.219 e. The summed E-state index contributed by atoms with van der Waals surface area (Å²) >= 11 is 0. The second kappa shape index (κ2) is 7.33. The first-order chi connectivity index (χ1) is 12.4. The lowest BCUT2D eigenvalue weighted by Crippen LogP contribution is -2.11. The van der Waals surface area contributed by atoms with Crippen LogP contribution in [0.3, 0.4) is 0 Å². The van der Waals surface area contributed by atoms with E-state index >= 15 is 0 Å². The molecule has 26 heavy (non-hydrogen) atoms. The molecule has 0 spiro atoms. The number of nitrogens with zero attached hydrogens (tertiary/aromatic N) is 3. The van der Waals surface area contributed by atoms with Gasteiger partial charge in [-0.25, -0.2) is 4.98 Å². The van der Waals surface area contributed by atoms with Gasteiger partial charge in [-0.2, -0.15) is 0 Å². The molecule has 0 atom stereocenters. The predicted molar refractivity (Wildman–Crippen MR) is 103 cm³/mol. The summed E-state index contributed by atoms with van der Waals surface area (Å²) in [5, 5.41) is 10.5. The maximum absolute atomic E-state index is 10.5. The summed E-state index contributed by atoms with van der Waals surface area (Å²) in [6.07, 6.45) is 5.41. The van der Waals surface area contributed by atoms with Crippen molar-refractivity contribution in [2.75, 3.05) is 13.2 Å². The first-order valence-electron chi connectivity index (χ1n) is 8.91. The van der Waals surface area contributed by atoms with Crippen LogP contribution in [0.2, 0.25) is 0 Å². The van der Waals surface area contributed by atoms with E-state index < -0.39 is 0 Å². The quantitative estimate of drug-likeness (QED) is 0.662. The van der Waals surface area contributed by atoms with E-state index in [1.807, 2.05) is 51.2 Å². The number of hydrogen-bond acceptors (Lipinski definition) is 5. The van der Waals surface area contributed by atoms with Crippen LogP contribution in [-0.4, -0.2) is 32.6 Å². The van der Waals surface area contributed by atoms with Gasteiger partial charge in [0.15, 0.2) is 5.65 Å². The molecule has 6 nitrogen and oxygen atoms in total. The summed E-state index contributed by atoms with van der Waals surface area (Å²) in [5.41, 5.74) is 8.26. The van der Waals surface area contributed by atoms with Crippen LogP contribution in [-0.2, 0) is 5.41 Å². The maximum atomic E-state index is 10.5. The molecule has 0 amide bonds. The topological polar surface area (TPSA) is 85.7 Å². The molecule has 0 aliphatic carbocycles. The summed E-state index contributed by atoms with van der Waals surface area (Å²) in [6, 6.07) is 7.78. The van der Waals surface area contributed by atoms with Gasteiger partial charge in [-0.3, -0.25) is 9.38 Å². The minimum atomic E-state index is -0.237. The van der Waals surface area contributed by atoms with Crippen molar-refractivity contribution >= 4 is 5.65 Å². The van der Waals surface area contributed by atoms with E-state index in [0.717, 1.165) is 29.8 Å². The van der Waals surface area contributed by atoms with Crippen LogP contribution in [0.5, 0.6) is 11.6 Å². The molecule has 3 rings (SSSR count). The van der Waals surface area contributed by atoms with Crippen LogP contribution in [0.4, 0.5) is 0 Å². The van der Waals surface area contributed by atoms with E-state index in [4.69, 9.17) is 10.5 Å². The fourth-order valence-corrected chi connectivity index (χ4v) is 2.75. The van der Waals surface area contributed by atoms with E-state index in [9.17, 15) is 5.11 Å². The van der Waals surface area contributed by atoms with Crippen molar-refractivity contribution in [3.05, 3.63) is 42.4 Å². The van der Waals surface area contributed by atoms with Gasteiger partial charge in [-0.1, -0.05) is 20.8 Å². The Bertz CT molecular complexity index is 879. The molecule has 3 aromatic rings. The van der Waals surface area contributed by atoms with Crippen molar-refractivity contribution in [1.82, 2.24) is 14.4 Å². The average Bonchev–Trinajstić information content (AvgIpc) is 2.96. The summed E-state index contributed by atoms with van der Waals surface area (Å²) in [5.74, 6) is 0.989. The van der Waals surface area contributed by atoms with Gasteiger partial charge in [0.25, 0.3) is 0 Å². The predicted octanol–water partition coefficient (Wildman–Crippen LogP) is 3.52. The smallest absolute Gasteiger partial charge is 0.219 e. The van der Waals surface area contributed by atoms with Gasteiger partial charge in [0.1, 0.15) is 11.4 Å². The highest BCUT2D eigenvalue weighted by molar-refractivity contribution is 5.61. The minimum absolute atomic E-state index is 0.163. The van der Waals surface area contributed by atoms with Crippen molar-refractivity contribution in [3.63, 3.8) is 0 Å². The van der Waals surface area contributed by atoms with E-state index in [1.54, 1.807) is 10.6 Å². The van der Waals surface area contributed by atoms with Gasteiger partial charge in [-0.05, 0) is 43.7 Å². The lowest BCUT2D eigenvalue weighted by molar-refractivity contribution is 0.308. The Morgan fingerprint density at radius 1 is 1.15 bits per heavy atom. The van der Waals surface area contributed by atoms with E-state index in [2.05, 4.69) is 9.97 Å². The van der Waals surface area contributed by atoms with Gasteiger partial charge in [0, 0.05) is 17.2 Å². The number of fused-ring (bicyclic) bond motifs is 1. The van der Waals surface area contributed by atoms with Crippen molar-refractivity contribution < 1.29 is 9.84 Å². The molecule has 3 N–H and O–H groups in total. The molecule has 0 radical (unpaired) electrons. The van der Waals surface area contributed by atoms with Crippen molar-refractivity contribution in [1.29, 1.82) is 0 Å². The van der Waals surface area contributed by atoms with Gasteiger partial charge in [-0.15, -0.1) is 0 Å². The van der Waals surface area contributed by atoms with Crippen molar-refractivity contribution in [3.8, 4) is 22.9 Å². The molecule has 0 saturated carbocycles. The van der Waals surface area contributed by atoms with E-state index in [0.29, 0.717) is 24.5 Å². The molecule has 138 valence electrons. The zero-order valence-corrected chi connectivity index (χ0v) is 15.6. The highest BCUT2D eigenvalue weighted by atomic mass is 16.5. The number of hydrogen-bond donors (Lipinski definition) is 2. The Kier molecular flexibility index (Phi) is 5.13. The molecule has 0 saturated heterocycles. The fourth-order valence-electron chi connectivity index (χ4n) is 2.75. The summed E-state index contributed by atoms with van der Waals surface area (Å²) in [7, 11) is 0. The second-order valence-electron chi connectivity index (χ2n) is 7.40. The third kappa shape index (κ3) is 3.80. The number of benzene rings is 1. The Balaban J connectivity index is 1.83. The van der Waals surface area contributed by atoms with Crippen LogP contribution < -0.4 is 10.5 Å². The molecule has 2 heterocycles. The molecule has 0 bridgehead atoms. The van der Waals surface area contributed by atoms with Crippen LogP contribution in [0.25, 0.3) is 16.9 Å². The van der Waals surface area contributed by atoms with Crippen LogP contribution >= 0.6 is 0 Å². The Labute approximate surface area is 153 Å². The third-order valence-electron chi connectivity index (χ3n) is 4.21. The Morgan fingerprint density at radius 3 is 2.54 bits per heavy atom. The molecule has 6 heteroatoms. The van der Waals surface area contributed by atoms with Crippen LogP contribution in [0.15, 0.2) is 36.7 Å². The number of ether oxygens (including phenoxy) is 1. The molecule has 1 aromatic carbocycles.